The summed E-state index contributed by atoms with van der Waals surface area (Å²) >= 11 is 1.68. The van der Waals surface area contributed by atoms with Crippen LogP contribution < -0.4 is 5.73 Å². The normalized spacial score (nSPS) is 14.6. The van der Waals surface area contributed by atoms with Crippen LogP contribution in [0.3, 0.4) is 0 Å². The number of allylic oxidation sites excluding steroid dienone is 2. The van der Waals surface area contributed by atoms with E-state index in [9.17, 15) is 0 Å². The van der Waals surface area contributed by atoms with E-state index in [0.717, 1.165) is 18.5 Å². The van der Waals surface area contributed by atoms with Crippen LogP contribution >= 0.6 is 11.8 Å². The van der Waals surface area contributed by atoms with Crippen LogP contribution in [0, 0.1) is 0 Å². The van der Waals surface area contributed by atoms with Gasteiger partial charge in [0.2, 0.25) is 0 Å². The van der Waals surface area contributed by atoms with Gasteiger partial charge in [-0.1, -0.05) is 34.3 Å². The molecule has 0 aliphatic heterocycles. The highest BCUT2D eigenvalue weighted by atomic mass is 32.2. The van der Waals surface area contributed by atoms with Gasteiger partial charge >= 0.3 is 0 Å². The van der Waals surface area contributed by atoms with E-state index in [-0.39, 0.29) is 0 Å². The SMILES string of the molecule is C=CSC1=C(N)CCCC1.CC.CC. The second-order valence-electron chi connectivity index (χ2n) is 2.44. The van der Waals surface area contributed by atoms with Gasteiger partial charge in [-0.05, 0) is 31.1 Å². The minimum absolute atomic E-state index is 1.08. The van der Waals surface area contributed by atoms with Crippen LogP contribution in [0.25, 0.3) is 0 Å². The van der Waals surface area contributed by atoms with E-state index in [1.807, 2.05) is 33.1 Å². The average molecular weight is 215 g/mol. The van der Waals surface area contributed by atoms with Gasteiger partial charge in [-0.3, -0.25) is 0 Å². The van der Waals surface area contributed by atoms with E-state index in [2.05, 4.69) is 6.58 Å². The van der Waals surface area contributed by atoms with Crippen LogP contribution in [0.2, 0.25) is 0 Å². The predicted octanol–water partition coefficient (Wildman–Crippen LogP) is 4.66. The van der Waals surface area contributed by atoms with Crippen LogP contribution in [0.4, 0.5) is 0 Å². The number of thioether (sulfide) groups is 1. The van der Waals surface area contributed by atoms with Crippen molar-refractivity contribution in [2.45, 2.75) is 53.4 Å². The van der Waals surface area contributed by atoms with Crippen LogP contribution in [-0.4, -0.2) is 0 Å². The van der Waals surface area contributed by atoms with Gasteiger partial charge in [0.05, 0.1) is 0 Å². The van der Waals surface area contributed by atoms with E-state index < -0.39 is 0 Å². The summed E-state index contributed by atoms with van der Waals surface area (Å²) in [6.45, 7) is 11.7. The van der Waals surface area contributed by atoms with Gasteiger partial charge < -0.3 is 5.73 Å². The highest BCUT2D eigenvalue weighted by molar-refractivity contribution is 8.05. The summed E-state index contributed by atoms with van der Waals surface area (Å²) in [5, 5.41) is 1.85. The molecule has 2 heteroatoms. The molecule has 0 spiro atoms. The van der Waals surface area contributed by atoms with E-state index in [4.69, 9.17) is 5.73 Å². The molecule has 1 rings (SSSR count). The fourth-order valence-corrected chi connectivity index (χ4v) is 1.85. The van der Waals surface area contributed by atoms with Crippen molar-refractivity contribution in [2.75, 3.05) is 0 Å². The Labute approximate surface area is 93.8 Å². The molecule has 0 radical (unpaired) electrons. The fraction of sp³-hybridized carbons (Fsp3) is 0.667. The van der Waals surface area contributed by atoms with Gasteiger partial charge in [0.1, 0.15) is 0 Å². The molecule has 0 fully saturated rings. The zero-order valence-electron chi connectivity index (χ0n) is 10.1. The maximum Gasteiger partial charge on any atom is 0.0180 e. The van der Waals surface area contributed by atoms with Crippen molar-refractivity contribution < 1.29 is 0 Å². The summed E-state index contributed by atoms with van der Waals surface area (Å²) in [5.41, 5.74) is 6.86. The average Bonchev–Trinajstić information content (AvgIpc) is 2.28. The molecular formula is C12H25NS. The largest absolute Gasteiger partial charge is 0.401 e. The van der Waals surface area contributed by atoms with Gasteiger partial charge in [-0.2, -0.15) is 0 Å². The van der Waals surface area contributed by atoms with Crippen LogP contribution in [-0.2, 0) is 0 Å². The standard InChI is InChI=1S/C8H13NS.2C2H6/c1-2-10-8-6-4-3-5-7(8)9;2*1-2/h2H,1,3-6,9H2;2*1-2H3. The molecule has 0 aromatic rings. The van der Waals surface area contributed by atoms with Gasteiger partial charge in [0.15, 0.2) is 0 Å². The van der Waals surface area contributed by atoms with Gasteiger partial charge in [-0.25, -0.2) is 0 Å². The molecule has 1 aliphatic rings. The molecular weight excluding hydrogens is 190 g/mol. The lowest BCUT2D eigenvalue weighted by molar-refractivity contribution is 0.689. The van der Waals surface area contributed by atoms with Crippen molar-refractivity contribution in [3.05, 3.63) is 22.6 Å². The summed E-state index contributed by atoms with van der Waals surface area (Å²) in [6, 6.07) is 0. The number of hydrogen-bond donors (Lipinski definition) is 1. The van der Waals surface area contributed by atoms with E-state index >= 15 is 0 Å². The Kier molecular flexibility index (Phi) is 14.5. The number of rotatable bonds is 2. The highest BCUT2D eigenvalue weighted by Gasteiger charge is 2.08. The lowest BCUT2D eigenvalue weighted by Gasteiger charge is -2.14. The number of hydrogen-bond acceptors (Lipinski definition) is 2. The lowest BCUT2D eigenvalue weighted by atomic mass is 10.1. The molecule has 0 atom stereocenters. The Balaban J connectivity index is 0. The van der Waals surface area contributed by atoms with Crippen LogP contribution in [0.1, 0.15) is 53.4 Å². The Morgan fingerprint density at radius 3 is 2.07 bits per heavy atom. The van der Waals surface area contributed by atoms with Crippen molar-refractivity contribution >= 4 is 11.8 Å². The maximum atomic E-state index is 5.78. The number of nitrogens with two attached hydrogens (primary N) is 1. The van der Waals surface area contributed by atoms with E-state index in [1.54, 1.807) is 11.8 Å². The third-order valence-electron chi connectivity index (χ3n) is 1.68. The molecule has 0 aromatic heterocycles. The molecule has 0 aromatic carbocycles. The summed E-state index contributed by atoms with van der Waals surface area (Å²) in [5.74, 6) is 0. The third kappa shape index (κ3) is 7.07. The summed E-state index contributed by atoms with van der Waals surface area (Å²) in [6.07, 6.45) is 4.78. The Hall–Kier alpha value is -0.370. The topological polar surface area (TPSA) is 26.0 Å². The molecule has 0 amide bonds. The second-order valence-corrected chi connectivity index (χ2v) is 3.50. The van der Waals surface area contributed by atoms with Gasteiger partial charge in [-0.15, -0.1) is 11.8 Å². The maximum absolute atomic E-state index is 5.78. The molecule has 0 saturated heterocycles. The predicted molar refractivity (Wildman–Crippen MR) is 70.2 cm³/mol. The minimum atomic E-state index is 1.08. The van der Waals surface area contributed by atoms with Crippen molar-refractivity contribution in [1.29, 1.82) is 0 Å². The highest BCUT2D eigenvalue weighted by Crippen LogP contribution is 2.30. The first kappa shape index (κ1) is 16.1. The smallest absolute Gasteiger partial charge is 0.0180 e. The molecule has 1 aliphatic carbocycles. The molecule has 0 heterocycles. The lowest BCUT2D eigenvalue weighted by Crippen LogP contribution is -2.05. The Morgan fingerprint density at radius 2 is 1.64 bits per heavy atom. The first-order valence-electron chi connectivity index (χ1n) is 5.59. The Morgan fingerprint density at radius 1 is 1.14 bits per heavy atom. The molecule has 0 bridgehead atoms. The summed E-state index contributed by atoms with van der Waals surface area (Å²) in [7, 11) is 0. The summed E-state index contributed by atoms with van der Waals surface area (Å²) < 4.78 is 0. The molecule has 2 N–H and O–H groups in total. The first-order valence-corrected chi connectivity index (χ1v) is 6.47. The van der Waals surface area contributed by atoms with Crippen LogP contribution in [0.15, 0.2) is 22.6 Å². The minimum Gasteiger partial charge on any atom is -0.401 e. The second kappa shape index (κ2) is 12.6. The van der Waals surface area contributed by atoms with Crippen molar-refractivity contribution in [1.82, 2.24) is 0 Å². The van der Waals surface area contributed by atoms with Gasteiger partial charge in [0.25, 0.3) is 0 Å². The monoisotopic (exact) mass is 215 g/mol. The zero-order chi connectivity index (χ0) is 11.4. The van der Waals surface area contributed by atoms with Gasteiger partial charge in [0, 0.05) is 10.6 Å². The van der Waals surface area contributed by atoms with Crippen molar-refractivity contribution in [3.8, 4) is 0 Å². The molecule has 14 heavy (non-hydrogen) atoms. The third-order valence-corrected chi connectivity index (χ3v) is 2.60. The zero-order valence-corrected chi connectivity index (χ0v) is 10.9. The fourth-order valence-electron chi connectivity index (χ4n) is 1.14. The van der Waals surface area contributed by atoms with Crippen molar-refractivity contribution in [2.24, 2.45) is 5.73 Å². The van der Waals surface area contributed by atoms with Crippen LogP contribution in [0.5, 0.6) is 0 Å². The van der Waals surface area contributed by atoms with E-state index in [1.165, 1.54) is 17.7 Å². The molecule has 0 unspecified atom stereocenters. The molecule has 1 nitrogen and oxygen atoms in total. The Bertz CT molecular complexity index is 162. The van der Waals surface area contributed by atoms with Crippen molar-refractivity contribution in [3.63, 3.8) is 0 Å². The molecule has 84 valence electrons. The summed E-state index contributed by atoms with van der Waals surface area (Å²) in [4.78, 5) is 1.33. The first-order chi connectivity index (χ1) is 6.84. The molecule has 0 saturated carbocycles. The van der Waals surface area contributed by atoms with E-state index in [0.29, 0.717) is 0 Å². The quantitative estimate of drug-likeness (QED) is 0.725.